The number of hydrazine groups is 1. The molecular formula is C21H21BrN2O2S2. The highest BCUT2D eigenvalue weighted by Crippen LogP contribution is 2.60. The quantitative estimate of drug-likeness (QED) is 0.497. The third-order valence-corrected chi connectivity index (χ3v) is 8.53. The Hall–Kier alpha value is -1.18. The number of carbonyl (C=O) groups is 2. The van der Waals surface area contributed by atoms with Gasteiger partial charge in [0.05, 0.1) is 10.3 Å². The first-order valence-electron chi connectivity index (χ1n) is 9.76. The number of nitrogens with zero attached hydrogens (tertiary/aromatic N) is 1. The van der Waals surface area contributed by atoms with Crippen LogP contribution in [0.5, 0.6) is 0 Å². The van der Waals surface area contributed by atoms with E-state index in [2.05, 4.69) is 21.4 Å². The molecule has 0 radical (unpaired) electrons. The smallest absolute Gasteiger partial charge is 0.273 e. The van der Waals surface area contributed by atoms with E-state index in [-0.39, 0.29) is 17.2 Å². The van der Waals surface area contributed by atoms with Crippen LogP contribution in [-0.4, -0.2) is 21.1 Å². The van der Waals surface area contributed by atoms with Crippen molar-refractivity contribution in [3.63, 3.8) is 0 Å². The summed E-state index contributed by atoms with van der Waals surface area (Å²) in [6.45, 7) is 0. The Balaban J connectivity index is 1.33. The fourth-order valence-corrected chi connectivity index (χ4v) is 7.33. The van der Waals surface area contributed by atoms with Crippen LogP contribution in [0.3, 0.4) is 0 Å². The van der Waals surface area contributed by atoms with Crippen LogP contribution in [0, 0.1) is 23.2 Å². The number of thioether (sulfide) groups is 1. The molecule has 4 nitrogen and oxygen atoms in total. The number of nitrogens with one attached hydrogen (secondary N) is 1. The highest BCUT2D eigenvalue weighted by atomic mass is 79.9. The van der Waals surface area contributed by atoms with Gasteiger partial charge in [0.25, 0.3) is 5.91 Å². The number of carbonyl (C=O) groups excluding carboxylic acids is 2. The van der Waals surface area contributed by atoms with Crippen LogP contribution in [0.2, 0.25) is 0 Å². The highest BCUT2D eigenvalue weighted by Gasteiger charge is 2.55. The largest absolute Gasteiger partial charge is 0.285 e. The number of thiocarbonyl (C=S) groups is 1. The molecule has 5 fully saturated rings. The second-order valence-corrected chi connectivity index (χ2v) is 11.3. The first-order valence-corrected chi connectivity index (χ1v) is 11.8. The number of benzene rings is 1. The zero-order valence-electron chi connectivity index (χ0n) is 15.3. The summed E-state index contributed by atoms with van der Waals surface area (Å²) in [5.74, 6) is 1.80. The van der Waals surface area contributed by atoms with Gasteiger partial charge >= 0.3 is 0 Å². The van der Waals surface area contributed by atoms with Crippen LogP contribution >= 0.6 is 39.9 Å². The molecule has 1 heterocycles. The van der Waals surface area contributed by atoms with E-state index in [1.54, 1.807) is 0 Å². The Kier molecular flexibility index (Phi) is 4.68. The monoisotopic (exact) mass is 476 g/mol. The molecule has 4 saturated carbocycles. The maximum absolute atomic E-state index is 13.2. The molecule has 1 N–H and O–H groups in total. The molecule has 4 aliphatic carbocycles. The molecule has 2 amide bonds. The van der Waals surface area contributed by atoms with E-state index in [0.29, 0.717) is 27.0 Å². The standard InChI is InChI=1S/C21H21BrN2O2S2/c22-16-3-1-12(2-4-16)8-17-18(25)24(20(27)28-17)23-19(26)21-9-13-5-14(10-21)7-15(6-13)11-21/h1-4,8,13-15H,5-7,9-11H2,(H,23,26)/b17-8+. The first kappa shape index (κ1) is 18.8. The summed E-state index contributed by atoms with van der Waals surface area (Å²) in [7, 11) is 0. The van der Waals surface area contributed by atoms with Gasteiger partial charge in [0.15, 0.2) is 4.32 Å². The zero-order valence-corrected chi connectivity index (χ0v) is 18.5. The van der Waals surface area contributed by atoms with Crippen LogP contribution < -0.4 is 5.43 Å². The van der Waals surface area contributed by atoms with Crippen molar-refractivity contribution in [1.82, 2.24) is 10.4 Å². The van der Waals surface area contributed by atoms with E-state index in [4.69, 9.17) is 12.2 Å². The second kappa shape index (κ2) is 6.96. The zero-order chi connectivity index (χ0) is 19.5. The Morgan fingerprint density at radius 2 is 1.71 bits per heavy atom. The first-order chi connectivity index (χ1) is 13.4. The van der Waals surface area contributed by atoms with Crippen molar-refractivity contribution < 1.29 is 9.59 Å². The van der Waals surface area contributed by atoms with Gasteiger partial charge in [0, 0.05) is 4.47 Å². The molecule has 4 bridgehead atoms. The number of hydrogen-bond acceptors (Lipinski definition) is 4. The molecule has 146 valence electrons. The normalized spacial score (nSPS) is 35.1. The summed E-state index contributed by atoms with van der Waals surface area (Å²) in [6.07, 6.45) is 8.57. The number of hydrogen-bond donors (Lipinski definition) is 1. The van der Waals surface area contributed by atoms with Crippen LogP contribution in [0.1, 0.15) is 44.1 Å². The number of amides is 2. The minimum Gasteiger partial charge on any atom is -0.273 e. The minimum atomic E-state index is -0.298. The lowest BCUT2D eigenvalue weighted by Gasteiger charge is -2.55. The summed E-state index contributed by atoms with van der Waals surface area (Å²) in [5, 5.41) is 1.28. The van der Waals surface area contributed by atoms with Gasteiger partial charge in [-0.15, -0.1) is 0 Å². The second-order valence-electron chi connectivity index (χ2n) is 8.71. The molecule has 1 aromatic rings. The number of rotatable bonds is 3. The van der Waals surface area contributed by atoms with Gasteiger partial charge < -0.3 is 0 Å². The van der Waals surface area contributed by atoms with Gasteiger partial charge in [-0.2, -0.15) is 5.01 Å². The Morgan fingerprint density at radius 1 is 1.14 bits per heavy atom. The lowest BCUT2D eigenvalue weighted by atomic mass is 9.49. The van der Waals surface area contributed by atoms with Crippen molar-refractivity contribution in [2.45, 2.75) is 38.5 Å². The van der Waals surface area contributed by atoms with E-state index < -0.39 is 0 Å². The molecule has 1 aliphatic heterocycles. The summed E-state index contributed by atoms with van der Waals surface area (Å²) in [4.78, 5) is 26.7. The minimum absolute atomic E-state index is 0.00667. The highest BCUT2D eigenvalue weighted by molar-refractivity contribution is 9.10. The van der Waals surface area contributed by atoms with E-state index >= 15 is 0 Å². The number of halogens is 1. The summed E-state index contributed by atoms with van der Waals surface area (Å²) in [5.41, 5.74) is 3.52. The van der Waals surface area contributed by atoms with Gasteiger partial charge in [-0.05, 0) is 92.3 Å². The third kappa shape index (κ3) is 3.25. The summed E-state index contributed by atoms with van der Waals surface area (Å²) < 4.78 is 1.38. The molecule has 0 unspecified atom stereocenters. The summed E-state index contributed by atoms with van der Waals surface area (Å²) in [6, 6.07) is 7.73. The van der Waals surface area contributed by atoms with Crippen molar-refractivity contribution in [2.75, 3.05) is 0 Å². The third-order valence-electron chi connectivity index (χ3n) is 6.69. The van der Waals surface area contributed by atoms with E-state index in [9.17, 15) is 9.59 Å². The Bertz CT molecular complexity index is 861. The molecule has 0 spiro atoms. The average Bonchev–Trinajstić information content (AvgIpc) is 2.90. The Labute approximate surface area is 182 Å². The van der Waals surface area contributed by atoms with Crippen molar-refractivity contribution >= 4 is 62.1 Å². The fraction of sp³-hybridized carbons (Fsp3) is 0.476. The molecule has 5 aliphatic rings. The van der Waals surface area contributed by atoms with Gasteiger partial charge in [0.2, 0.25) is 5.91 Å². The molecule has 1 aromatic carbocycles. The fourth-order valence-electron chi connectivity index (χ4n) is 5.88. The maximum Gasteiger partial charge on any atom is 0.285 e. The van der Waals surface area contributed by atoms with Crippen molar-refractivity contribution in [1.29, 1.82) is 0 Å². The lowest BCUT2D eigenvalue weighted by Crippen LogP contribution is -2.57. The van der Waals surface area contributed by atoms with Crippen molar-refractivity contribution in [3.05, 3.63) is 39.2 Å². The molecule has 28 heavy (non-hydrogen) atoms. The van der Waals surface area contributed by atoms with Crippen molar-refractivity contribution in [2.24, 2.45) is 23.2 Å². The SMILES string of the molecule is O=C1/C(=C\c2ccc(Br)cc2)SC(=S)N1NC(=O)C12CC3CC(CC(C3)C1)C2. The van der Waals surface area contributed by atoms with Crippen LogP contribution in [0.15, 0.2) is 33.6 Å². The van der Waals surface area contributed by atoms with Gasteiger partial charge in [-0.25, -0.2) is 0 Å². The predicted octanol–water partition coefficient (Wildman–Crippen LogP) is 4.90. The Morgan fingerprint density at radius 3 is 2.29 bits per heavy atom. The average molecular weight is 477 g/mol. The van der Waals surface area contributed by atoms with Crippen molar-refractivity contribution in [3.8, 4) is 0 Å². The topological polar surface area (TPSA) is 49.4 Å². The van der Waals surface area contributed by atoms with Crippen LogP contribution in [0.25, 0.3) is 6.08 Å². The van der Waals surface area contributed by atoms with Crippen LogP contribution in [-0.2, 0) is 9.59 Å². The summed E-state index contributed by atoms with van der Waals surface area (Å²) >= 11 is 10.1. The molecule has 0 aromatic heterocycles. The molecule has 6 rings (SSSR count). The molecule has 1 saturated heterocycles. The van der Waals surface area contributed by atoms with Gasteiger partial charge in [-0.1, -0.05) is 39.8 Å². The lowest BCUT2D eigenvalue weighted by molar-refractivity contribution is -0.152. The van der Waals surface area contributed by atoms with Gasteiger partial charge in [-0.3, -0.25) is 15.0 Å². The van der Waals surface area contributed by atoms with Gasteiger partial charge in [0.1, 0.15) is 0 Å². The van der Waals surface area contributed by atoms with E-state index in [1.165, 1.54) is 36.0 Å². The molecular weight excluding hydrogens is 456 g/mol. The predicted molar refractivity (Wildman–Crippen MR) is 118 cm³/mol. The van der Waals surface area contributed by atoms with Crippen LogP contribution in [0.4, 0.5) is 0 Å². The van der Waals surface area contributed by atoms with E-state index in [1.807, 2.05) is 30.3 Å². The van der Waals surface area contributed by atoms with E-state index in [0.717, 1.165) is 29.3 Å². The molecule has 7 heteroatoms. The molecule has 0 atom stereocenters. The maximum atomic E-state index is 13.2.